The van der Waals surface area contributed by atoms with Crippen LogP contribution in [0.5, 0.6) is 0 Å². The van der Waals surface area contributed by atoms with Crippen molar-refractivity contribution >= 4 is 23.3 Å². The minimum Gasteiger partial charge on any atom is -0.480 e. The summed E-state index contributed by atoms with van der Waals surface area (Å²) in [6.45, 7) is -0.111. The molecular formula is C33H30F3N3O4. The molecule has 1 heterocycles. The molecule has 0 radical (unpaired) electrons. The van der Waals surface area contributed by atoms with Crippen LogP contribution in [-0.2, 0) is 17.8 Å². The molecule has 0 amide bonds. The number of carbonyl (C=O) groups is 2. The zero-order chi connectivity index (χ0) is 30.6. The molecule has 3 aromatic carbocycles. The van der Waals surface area contributed by atoms with Gasteiger partial charge in [-0.2, -0.15) is 0 Å². The molecule has 1 aromatic heterocycles. The van der Waals surface area contributed by atoms with Crippen molar-refractivity contribution in [1.82, 2.24) is 10.3 Å². The number of anilines is 2. The number of benzene rings is 3. The molecule has 43 heavy (non-hydrogen) atoms. The first-order valence-corrected chi connectivity index (χ1v) is 14.0. The first kappa shape index (κ1) is 29.8. The lowest BCUT2D eigenvalue weighted by atomic mass is 9.77. The topological polar surface area (TPSA) is 111 Å². The number of halogens is 3. The lowest BCUT2D eigenvalue weighted by molar-refractivity contribution is -0.147. The number of carboxylic acids is 1. The van der Waals surface area contributed by atoms with Gasteiger partial charge in [0.1, 0.15) is 34.5 Å². The lowest BCUT2D eigenvalue weighted by Gasteiger charge is -2.36. The molecule has 1 atom stereocenters. The fraction of sp³-hybridized carbons (Fsp3) is 0.242. The van der Waals surface area contributed by atoms with Crippen LogP contribution in [0.3, 0.4) is 0 Å². The van der Waals surface area contributed by atoms with Gasteiger partial charge in [-0.25, -0.2) is 13.2 Å². The van der Waals surface area contributed by atoms with Gasteiger partial charge in [0.15, 0.2) is 5.78 Å². The zero-order valence-electron chi connectivity index (χ0n) is 23.1. The maximum Gasteiger partial charge on any atom is 0.324 e. The molecule has 0 saturated heterocycles. The van der Waals surface area contributed by atoms with Crippen LogP contribution < -0.4 is 16.2 Å². The summed E-state index contributed by atoms with van der Waals surface area (Å²) < 4.78 is 44.1. The van der Waals surface area contributed by atoms with Gasteiger partial charge < -0.3 is 15.4 Å². The van der Waals surface area contributed by atoms with Crippen LogP contribution in [0.2, 0.25) is 0 Å². The number of pyridine rings is 1. The van der Waals surface area contributed by atoms with Crippen molar-refractivity contribution in [3.05, 3.63) is 129 Å². The second-order valence-corrected chi connectivity index (χ2v) is 10.8. The van der Waals surface area contributed by atoms with Crippen molar-refractivity contribution in [3.63, 3.8) is 0 Å². The quantitative estimate of drug-likeness (QED) is 0.157. The predicted octanol–water partition coefficient (Wildman–Crippen LogP) is 6.11. The number of hydrogen-bond donors (Lipinski definition) is 4. The molecule has 1 fully saturated rings. The van der Waals surface area contributed by atoms with E-state index in [0.29, 0.717) is 0 Å². The molecule has 0 spiro atoms. The maximum atomic E-state index is 15.4. The van der Waals surface area contributed by atoms with Crippen LogP contribution in [0, 0.1) is 23.4 Å². The van der Waals surface area contributed by atoms with Gasteiger partial charge >= 0.3 is 5.97 Å². The van der Waals surface area contributed by atoms with Gasteiger partial charge in [-0.3, -0.25) is 19.7 Å². The predicted molar refractivity (Wildman–Crippen MR) is 156 cm³/mol. The molecule has 10 heteroatoms. The summed E-state index contributed by atoms with van der Waals surface area (Å²) in [6, 6.07) is 18.4. The summed E-state index contributed by atoms with van der Waals surface area (Å²) in [5, 5.41) is 16.1. The molecule has 5 rings (SSSR count). The zero-order valence-corrected chi connectivity index (χ0v) is 23.1. The third-order valence-corrected chi connectivity index (χ3v) is 7.99. The summed E-state index contributed by atoms with van der Waals surface area (Å²) in [5.74, 6) is -4.58. The van der Waals surface area contributed by atoms with E-state index in [1.807, 2.05) is 30.3 Å². The number of H-pyrrole nitrogens is 1. The fourth-order valence-electron chi connectivity index (χ4n) is 5.76. The summed E-state index contributed by atoms with van der Waals surface area (Å²) >= 11 is 0. The normalized spacial score (nSPS) is 14.8. The van der Waals surface area contributed by atoms with E-state index in [9.17, 15) is 23.9 Å². The van der Waals surface area contributed by atoms with Crippen molar-refractivity contribution in [3.8, 4) is 0 Å². The number of hydrogen-bond acceptors (Lipinski definition) is 5. The third-order valence-electron chi connectivity index (χ3n) is 7.99. The van der Waals surface area contributed by atoms with Gasteiger partial charge in [-0.05, 0) is 72.4 Å². The van der Waals surface area contributed by atoms with Crippen LogP contribution in [0.4, 0.5) is 24.7 Å². The second-order valence-electron chi connectivity index (χ2n) is 10.8. The maximum absolute atomic E-state index is 15.4. The van der Waals surface area contributed by atoms with E-state index in [2.05, 4.69) is 15.6 Å². The van der Waals surface area contributed by atoms with E-state index in [1.54, 1.807) is 0 Å². The van der Waals surface area contributed by atoms with Gasteiger partial charge in [0.2, 0.25) is 5.56 Å². The molecule has 1 aliphatic rings. The van der Waals surface area contributed by atoms with E-state index in [1.165, 1.54) is 18.2 Å². The summed E-state index contributed by atoms with van der Waals surface area (Å²) in [5.41, 5.74) is -1.51. The van der Waals surface area contributed by atoms with E-state index < -0.39 is 46.0 Å². The van der Waals surface area contributed by atoms with E-state index in [-0.39, 0.29) is 41.4 Å². The van der Waals surface area contributed by atoms with Gasteiger partial charge in [-0.15, -0.1) is 0 Å². The Kier molecular flexibility index (Phi) is 8.77. The molecule has 222 valence electrons. The monoisotopic (exact) mass is 589 g/mol. The van der Waals surface area contributed by atoms with Crippen molar-refractivity contribution in [2.24, 2.45) is 5.92 Å². The Bertz CT molecular complexity index is 1660. The Balaban J connectivity index is 1.41. The standard InChI is InChI=1S/C33H30F3N3O4/c34-24-12-10-22(11-13-24)30(41)25-14-15-28(40)38-31(25)39-29-26(35)16-21(17-27(29)36)19-37-33(32(42)43,23-8-4-5-9-23)18-20-6-2-1-3-7-20/h1-3,6-7,10-17,23,37H,4-5,8-9,18-19H2,(H,42,43)(H2,38,39,40). The smallest absolute Gasteiger partial charge is 0.324 e. The summed E-state index contributed by atoms with van der Waals surface area (Å²) in [7, 11) is 0. The lowest BCUT2D eigenvalue weighted by Crippen LogP contribution is -2.58. The second kappa shape index (κ2) is 12.7. The average molecular weight is 590 g/mol. The highest BCUT2D eigenvalue weighted by Crippen LogP contribution is 2.37. The highest BCUT2D eigenvalue weighted by molar-refractivity contribution is 6.12. The molecule has 1 saturated carbocycles. The highest BCUT2D eigenvalue weighted by Gasteiger charge is 2.46. The van der Waals surface area contributed by atoms with Crippen LogP contribution in [-0.4, -0.2) is 27.4 Å². The Morgan fingerprint density at radius 2 is 1.53 bits per heavy atom. The molecule has 7 nitrogen and oxygen atoms in total. The number of carbonyl (C=O) groups excluding carboxylic acids is 1. The van der Waals surface area contributed by atoms with Crippen molar-refractivity contribution in [1.29, 1.82) is 0 Å². The third kappa shape index (κ3) is 6.54. The molecule has 4 aromatic rings. The van der Waals surface area contributed by atoms with Crippen molar-refractivity contribution in [2.75, 3.05) is 5.32 Å². The Hall–Kier alpha value is -4.70. The molecule has 0 aliphatic heterocycles. The highest BCUT2D eigenvalue weighted by atomic mass is 19.1. The minimum atomic E-state index is -1.33. The summed E-state index contributed by atoms with van der Waals surface area (Å²) in [4.78, 5) is 40.2. The van der Waals surface area contributed by atoms with Crippen LogP contribution in [0.1, 0.15) is 52.7 Å². The van der Waals surface area contributed by atoms with E-state index >= 15 is 8.78 Å². The Morgan fingerprint density at radius 3 is 2.16 bits per heavy atom. The molecule has 1 unspecified atom stereocenters. The van der Waals surface area contributed by atoms with Crippen molar-refractivity contribution < 1.29 is 27.9 Å². The molecule has 0 bridgehead atoms. The van der Waals surface area contributed by atoms with Gasteiger partial charge in [0.25, 0.3) is 0 Å². The minimum absolute atomic E-state index is 0.0838. The largest absolute Gasteiger partial charge is 0.480 e. The van der Waals surface area contributed by atoms with Crippen LogP contribution >= 0.6 is 0 Å². The number of nitrogens with one attached hydrogen (secondary N) is 3. The van der Waals surface area contributed by atoms with Gasteiger partial charge in [-0.1, -0.05) is 43.2 Å². The number of aromatic nitrogens is 1. The number of aliphatic carboxylic acids is 1. The average Bonchev–Trinajstić information content (AvgIpc) is 3.53. The number of carboxylic acid groups (broad SMARTS) is 1. The van der Waals surface area contributed by atoms with Crippen LogP contribution in [0.25, 0.3) is 0 Å². The van der Waals surface area contributed by atoms with Gasteiger partial charge in [0.05, 0.1) is 5.56 Å². The molecular weight excluding hydrogens is 559 g/mol. The molecule has 1 aliphatic carbocycles. The van der Waals surface area contributed by atoms with Crippen LogP contribution in [0.15, 0.2) is 83.7 Å². The SMILES string of the molecule is O=C(c1ccc(F)cc1)c1ccc(=O)[nH]c1Nc1c(F)cc(CNC(Cc2ccccc2)(C(=O)O)C2CCCC2)cc1F. The van der Waals surface area contributed by atoms with E-state index in [0.717, 1.165) is 61.6 Å². The first-order valence-electron chi connectivity index (χ1n) is 14.0. The fourth-order valence-corrected chi connectivity index (χ4v) is 5.76. The number of aromatic amines is 1. The molecule has 4 N–H and O–H groups in total. The van der Waals surface area contributed by atoms with Gasteiger partial charge in [0, 0.05) is 24.6 Å². The van der Waals surface area contributed by atoms with Crippen molar-refractivity contribution in [2.45, 2.75) is 44.2 Å². The number of ketones is 1. The van der Waals surface area contributed by atoms with E-state index in [4.69, 9.17) is 0 Å². The summed E-state index contributed by atoms with van der Waals surface area (Å²) in [6.07, 6.45) is 3.49. The Labute approximate surface area is 245 Å². The first-order chi connectivity index (χ1) is 20.7. The number of rotatable bonds is 11. The Morgan fingerprint density at radius 1 is 0.884 bits per heavy atom.